The zero-order valence-electron chi connectivity index (χ0n) is 16.1. The second-order valence-corrected chi connectivity index (χ2v) is 7.88. The molecule has 2 aromatic rings. The van der Waals surface area contributed by atoms with Gasteiger partial charge in [-0.25, -0.2) is 0 Å². The van der Waals surface area contributed by atoms with Crippen LogP contribution in [-0.2, 0) is 4.79 Å². The molecule has 0 unspecified atom stereocenters. The molecule has 0 radical (unpaired) electrons. The Morgan fingerprint density at radius 3 is 2.70 bits per heavy atom. The van der Waals surface area contributed by atoms with Crippen LogP contribution in [-0.4, -0.2) is 24.9 Å². The summed E-state index contributed by atoms with van der Waals surface area (Å²) in [6.45, 7) is 6.04. The Morgan fingerprint density at radius 2 is 2.00 bits per heavy atom. The second kappa shape index (κ2) is 8.01. The molecule has 140 valence electrons. The number of thioether (sulfide) groups is 1. The molecule has 2 amide bonds. The highest BCUT2D eigenvalue weighted by Crippen LogP contribution is 2.42. The summed E-state index contributed by atoms with van der Waals surface area (Å²) in [4.78, 5) is 28.5. The van der Waals surface area contributed by atoms with Gasteiger partial charge in [0.2, 0.25) is 0 Å². The predicted molar refractivity (Wildman–Crippen MR) is 112 cm³/mol. The summed E-state index contributed by atoms with van der Waals surface area (Å²) in [7, 11) is 1.75. The molecule has 0 spiro atoms. The summed E-state index contributed by atoms with van der Waals surface area (Å²) in [5.41, 5.74) is 3.50. The van der Waals surface area contributed by atoms with Crippen LogP contribution < -0.4 is 10.2 Å². The van der Waals surface area contributed by atoms with E-state index in [1.54, 1.807) is 18.0 Å². The molecule has 3 rings (SSSR count). The Kier molecular flexibility index (Phi) is 5.71. The van der Waals surface area contributed by atoms with E-state index in [0.717, 1.165) is 28.1 Å². The fourth-order valence-electron chi connectivity index (χ4n) is 2.83. The van der Waals surface area contributed by atoms with E-state index in [1.165, 1.54) is 11.8 Å². The van der Waals surface area contributed by atoms with Crippen molar-refractivity contribution in [2.75, 3.05) is 11.9 Å². The Morgan fingerprint density at radius 1 is 1.26 bits per heavy atom. The lowest BCUT2D eigenvalue weighted by Gasteiger charge is -2.27. The first kappa shape index (κ1) is 19.2. The van der Waals surface area contributed by atoms with Gasteiger partial charge >= 0.3 is 0 Å². The smallest absolute Gasteiger partial charge is 0.264 e. The molecule has 0 bridgehead atoms. The molecular formula is C22H24N2O2S. The Hall–Kier alpha value is -2.53. The van der Waals surface area contributed by atoms with Gasteiger partial charge in [-0.2, -0.15) is 0 Å². The molecule has 1 atom stereocenters. The van der Waals surface area contributed by atoms with Crippen LogP contribution in [0.25, 0.3) is 6.08 Å². The Bertz CT molecular complexity index is 920. The third-order valence-corrected chi connectivity index (χ3v) is 5.86. The highest BCUT2D eigenvalue weighted by molar-refractivity contribution is 8.04. The molecule has 1 aliphatic rings. The molecule has 1 aliphatic heterocycles. The number of benzene rings is 2. The number of hydrogen-bond acceptors (Lipinski definition) is 3. The van der Waals surface area contributed by atoms with Crippen LogP contribution in [0.1, 0.15) is 41.8 Å². The van der Waals surface area contributed by atoms with Crippen LogP contribution in [0.4, 0.5) is 5.69 Å². The number of rotatable bonds is 4. The molecular weight excluding hydrogens is 356 g/mol. The van der Waals surface area contributed by atoms with Gasteiger partial charge in [0.05, 0.1) is 10.6 Å². The Labute approximate surface area is 164 Å². The van der Waals surface area contributed by atoms with Crippen LogP contribution in [0, 0.1) is 6.92 Å². The largest absolute Gasteiger partial charge is 0.350 e. The number of amides is 2. The van der Waals surface area contributed by atoms with Crippen molar-refractivity contribution < 1.29 is 9.59 Å². The first-order chi connectivity index (χ1) is 12.9. The van der Waals surface area contributed by atoms with Gasteiger partial charge in [-0.15, -0.1) is 0 Å². The summed E-state index contributed by atoms with van der Waals surface area (Å²) in [5, 5.41) is 2.97. The lowest BCUT2D eigenvalue weighted by Crippen LogP contribution is -2.33. The first-order valence-electron chi connectivity index (χ1n) is 9.09. The van der Waals surface area contributed by atoms with Gasteiger partial charge in [-0.1, -0.05) is 43.0 Å². The van der Waals surface area contributed by atoms with Crippen molar-refractivity contribution in [1.82, 2.24) is 5.32 Å². The van der Waals surface area contributed by atoms with Crippen molar-refractivity contribution in [3.8, 4) is 0 Å². The molecule has 2 aromatic carbocycles. The molecule has 5 heteroatoms. The molecule has 27 heavy (non-hydrogen) atoms. The van der Waals surface area contributed by atoms with Crippen molar-refractivity contribution in [3.63, 3.8) is 0 Å². The van der Waals surface area contributed by atoms with E-state index in [9.17, 15) is 9.59 Å². The van der Waals surface area contributed by atoms with E-state index in [0.29, 0.717) is 10.5 Å². The molecule has 0 fully saturated rings. The molecule has 1 heterocycles. The zero-order valence-corrected chi connectivity index (χ0v) is 16.9. The van der Waals surface area contributed by atoms with E-state index in [1.807, 2.05) is 63.2 Å². The molecule has 4 nitrogen and oxygen atoms in total. The minimum absolute atomic E-state index is 0.0600. The van der Waals surface area contributed by atoms with Crippen molar-refractivity contribution in [3.05, 3.63) is 64.1 Å². The lowest BCUT2D eigenvalue weighted by atomic mass is 10.1. The van der Waals surface area contributed by atoms with Gasteiger partial charge in [0.25, 0.3) is 11.8 Å². The molecule has 0 aromatic heterocycles. The number of nitrogens with one attached hydrogen (secondary N) is 1. The zero-order chi connectivity index (χ0) is 19.6. The van der Waals surface area contributed by atoms with Gasteiger partial charge in [-0.05, 0) is 55.7 Å². The average molecular weight is 381 g/mol. The molecule has 0 aliphatic carbocycles. The third kappa shape index (κ3) is 4.08. The van der Waals surface area contributed by atoms with E-state index in [4.69, 9.17) is 0 Å². The average Bonchev–Trinajstić information content (AvgIpc) is 2.67. The van der Waals surface area contributed by atoms with Crippen LogP contribution in [0.2, 0.25) is 0 Å². The summed E-state index contributed by atoms with van der Waals surface area (Å²) in [6.07, 6.45) is 2.81. The van der Waals surface area contributed by atoms with Crippen molar-refractivity contribution in [1.29, 1.82) is 0 Å². The minimum Gasteiger partial charge on any atom is -0.350 e. The monoisotopic (exact) mass is 380 g/mol. The van der Waals surface area contributed by atoms with Gasteiger partial charge in [0.15, 0.2) is 0 Å². The van der Waals surface area contributed by atoms with Crippen LogP contribution in [0.3, 0.4) is 0 Å². The van der Waals surface area contributed by atoms with Crippen molar-refractivity contribution in [2.45, 2.75) is 38.1 Å². The number of anilines is 1. The van der Waals surface area contributed by atoms with Gasteiger partial charge in [0, 0.05) is 23.5 Å². The second-order valence-electron chi connectivity index (χ2n) is 6.80. The van der Waals surface area contributed by atoms with Crippen molar-refractivity contribution >= 4 is 35.3 Å². The maximum Gasteiger partial charge on any atom is 0.264 e. The Balaban J connectivity index is 1.91. The standard InChI is InChI=1S/C22H24N2O2S/c1-5-15(3)23-21(25)17-10-11-19-18(12-17)24(4)22(26)20(27-19)13-16-9-7-6-8-14(16)2/h6-13,15H,5H2,1-4H3,(H,23,25)/b20-13-/t15-/m1/s1. The topological polar surface area (TPSA) is 49.4 Å². The van der Waals surface area contributed by atoms with Gasteiger partial charge in [0.1, 0.15) is 0 Å². The number of fused-ring (bicyclic) bond motifs is 1. The predicted octanol–water partition coefficient (Wildman–Crippen LogP) is 4.63. The highest BCUT2D eigenvalue weighted by atomic mass is 32.2. The highest BCUT2D eigenvalue weighted by Gasteiger charge is 2.27. The van der Waals surface area contributed by atoms with Crippen molar-refractivity contribution in [2.24, 2.45) is 0 Å². The van der Waals surface area contributed by atoms with E-state index < -0.39 is 0 Å². The maximum atomic E-state index is 12.8. The molecule has 0 saturated heterocycles. The number of carbonyl (C=O) groups is 2. The fraction of sp³-hybridized carbons (Fsp3) is 0.273. The first-order valence-corrected chi connectivity index (χ1v) is 9.90. The molecule has 1 N–H and O–H groups in total. The SMILES string of the molecule is CC[C@@H](C)NC(=O)c1ccc2c(c1)N(C)C(=O)/C(=C/c1ccccc1C)S2. The quantitative estimate of drug-likeness (QED) is 0.787. The summed E-state index contributed by atoms with van der Waals surface area (Å²) in [6, 6.07) is 13.6. The van der Waals surface area contributed by atoms with Crippen LogP contribution in [0.15, 0.2) is 52.3 Å². The van der Waals surface area contributed by atoms with Gasteiger partial charge in [-0.3, -0.25) is 9.59 Å². The summed E-state index contributed by atoms with van der Waals surface area (Å²) in [5.74, 6) is -0.172. The summed E-state index contributed by atoms with van der Waals surface area (Å²) >= 11 is 1.45. The van der Waals surface area contributed by atoms with E-state index >= 15 is 0 Å². The number of hydrogen-bond donors (Lipinski definition) is 1. The summed E-state index contributed by atoms with van der Waals surface area (Å²) < 4.78 is 0. The fourth-order valence-corrected chi connectivity index (χ4v) is 3.92. The van der Waals surface area contributed by atoms with Crippen LogP contribution >= 0.6 is 11.8 Å². The van der Waals surface area contributed by atoms with Crippen LogP contribution in [0.5, 0.6) is 0 Å². The number of likely N-dealkylation sites (N-methyl/N-ethyl adjacent to an activating group) is 1. The normalized spacial score (nSPS) is 16.2. The number of carbonyl (C=O) groups excluding carboxylic acids is 2. The molecule has 0 saturated carbocycles. The minimum atomic E-state index is -0.112. The van der Waals surface area contributed by atoms with E-state index in [2.05, 4.69) is 5.32 Å². The third-order valence-electron chi connectivity index (χ3n) is 4.78. The lowest BCUT2D eigenvalue weighted by molar-refractivity contribution is -0.114. The van der Waals surface area contributed by atoms with E-state index in [-0.39, 0.29) is 17.9 Å². The number of aryl methyl sites for hydroxylation is 1. The maximum absolute atomic E-state index is 12.8. The number of nitrogens with zero attached hydrogens (tertiary/aromatic N) is 1. The van der Waals surface area contributed by atoms with Gasteiger partial charge < -0.3 is 10.2 Å².